The van der Waals surface area contributed by atoms with Crippen molar-refractivity contribution in [3.8, 4) is 0 Å². The Morgan fingerprint density at radius 3 is 2.68 bits per heavy atom. The molecule has 0 aliphatic carbocycles. The predicted octanol–water partition coefficient (Wildman–Crippen LogP) is 3.86. The fraction of sp³-hybridized carbons (Fsp3) is 0.647. The second-order valence-electron chi connectivity index (χ2n) is 6.07. The Bertz CT molecular complexity index is 348. The molecule has 1 aliphatic rings. The van der Waals surface area contributed by atoms with Crippen molar-refractivity contribution in [1.29, 1.82) is 0 Å². The van der Waals surface area contributed by atoms with Gasteiger partial charge < -0.3 is 10.2 Å². The van der Waals surface area contributed by atoms with Crippen molar-refractivity contribution >= 4 is 5.69 Å². The quantitative estimate of drug-likeness (QED) is 0.865. The largest absolute Gasteiger partial charge is 0.384 e. The van der Waals surface area contributed by atoms with Crippen LogP contribution in [-0.2, 0) is 0 Å². The first-order valence-corrected chi connectivity index (χ1v) is 7.77. The first kappa shape index (κ1) is 14.4. The maximum Gasteiger partial charge on any atom is 0.0340 e. The minimum absolute atomic E-state index is 0.849. The highest BCUT2D eigenvalue weighted by Crippen LogP contribution is 2.24. The molecule has 2 rings (SSSR count). The average molecular weight is 260 g/mol. The Kier molecular flexibility index (Phi) is 5.71. The van der Waals surface area contributed by atoms with Crippen LogP contribution in [0.2, 0.25) is 0 Å². The summed E-state index contributed by atoms with van der Waals surface area (Å²) in [6, 6.07) is 10.5. The third-order valence-electron chi connectivity index (χ3n) is 4.34. The van der Waals surface area contributed by atoms with Crippen LogP contribution in [0.1, 0.15) is 33.1 Å². The van der Waals surface area contributed by atoms with E-state index in [1.807, 2.05) is 0 Å². The van der Waals surface area contributed by atoms with Gasteiger partial charge in [0.05, 0.1) is 0 Å². The van der Waals surface area contributed by atoms with Crippen LogP contribution in [0.5, 0.6) is 0 Å². The highest BCUT2D eigenvalue weighted by atomic mass is 15.1. The molecule has 0 bridgehead atoms. The SMILES string of the molecule is CC(C)C1CCCN(CCNc2ccccc2)CC1. The molecule has 1 aromatic carbocycles. The molecule has 0 aromatic heterocycles. The summed E-state index contributed by atoms with van der Waals surface area (Å²) >= 11 is 0. The Hall–Kier alpha value is -1.02. The molecule has 106 valence electrons. The smallest absolute Gasteiger partial charge is 0.0340 e. The fourth-order valence-corrected chi connectivity index (χ4v) is 2.99. The Labute approximate surface area is 118 Å². The summed E-state index contributed by atoms with van der Waals surface area (Å²) < 4.78 is 0. The summed E-state index contributed by atoms with van der Waals surface area (Å²) in [7, 11) is 0. The third-order valence-corrected chi connectivity index (χ3v) is 4.34. The maximum absolute atomic E-state index is 3.50. The number of nitrogens with one attached hydrogen (secondary N) is 1. The van der Waals surface area contributed by atoms with Gasteiger partial charge in [-0.3, -0.25) is 0 Å². The van der Waals surface area contributed by atoms with Crippen molar-refractivity contribution in [2.75, 3.05) is 31.5 Å². The van der Waals surface area contributed by atoms with E-state index in [2.05, 4.69) is 54.4 Å². The second-order valence-corrected chi connectivity index (χ2v) is 6.07. The van der Waals surface area contributed by atoms with E-state index in [1.165, 1.54) is 44.6 Å². The van der Waals surface area contributed by atoms with Gasteiger partial charge in [-0.2, -0.15) is 0 Å². The van der Waals surface area contributed by atoms with Gasteiger partial charge in [0, 0.05) is 18.8 Å². The molecule has 1 N–H and O–H groups in total. The number of anilines is 1. The highest BCUT2D eigenvalue weighted by molar-refractivity contribution is 5.42. The zero-order valence-electron chi connectivity index (χ0n) is 12.4. The summed E-state index contributed by atoms with van der Waals surface area (Å²) in [5.74, 6) is 1.79. The number of benzene rings is 1. The Morgan fingerprint density at radius 1 is 1.16 bits per heavy atom. The molecule has 0 amide bonds. The molecule has 19 heavy (non-hydrogen) atoms. The molecule has 1 unspecified atom stereocenters. The topological polar surface area (TPSA) is 15.3 Å². The van der Waals surface area contributed by atoms with E-state index in [0.29, 0.717) is 0 Å². The zero-order chi connectivity index (χ0) is 13.5. The molecule has 1 aromatic rings. The first-order chi connectivity index (χ1) is 9.25. The van der Waals surface area contributed by atoms with Crippen LogP contribution in [0.25, 0.3) is 0 Å². The molecule has 1 heterocycles. The third kappa shape index (κ3) is 4.87. The minimum atomic E-state index is 0.849. The van der Waals surface area contributed by atoms with E-state index < -0.39 is 0 Å². The van der Waals surface area contributed by atoms with E-state index in [1.54, 1.807) is 0 Å². The van der Waals surface area contributed by atoms with Gasteiger partial charge >= 0.3 is 0 Å². The Balaban J connectivity index is 1.69. The summed E-state index contributed by atoms with van der Waals surface area (Å²) in [6.07, 6.45) is 4.16. The van der Waals surface area contributed by atoms with Crippen LogP contribution in [0.15, 0.2) is 30.3 Å². The molecule has 2 nitrogen and oxygen atoms in total. The number of nitrogens with zero attached hydrogens (tertiary/aromatic N) is 1. The van der Waals surface area contributed by atoms with Gasteiger partial charge in [0.15, 0.2) is 0 Å². The minimum Gasteiger partial charge on any atom is -0.384 e. The van der Waals surface area contributed by atoms with Crippen LogP contribution in [0.3, 0.4) is 0 Å². The second kappa shape index (κ2) is 7.54. The monoisotopic (exact) mass is 260 g/mol. The fourth-order valence-electron chi connectivity index (χ4n) is 2.99. The molecule has 0 radical (unpaired) electrons. The predicted molar refractivity (Wildman–Crippen MR) is 83.6 cm³/mol. The van der Waals surface area contributed by atoms with Gasteiger partial charge in [0.25, 0.3) is 0 Å². The normalized spacial score (nSPS) is 21.3. The summed E-state index contributed by atoms with van der Waals surface area (Å²) in [5, 5.41) is 3.50. The molecule has 1 fully saturated rings. The lowest BCUT2D eigenvalue weighted by Crippen LogP contribution is -2.30. The number of hydrogen-bond donors (Lipinski definition) is 1. The van der Waals surface area contributed by atoms with Crippen LogP contribution < -0.4 is 5.32 Å². The van der Waals surface area contributed by atoms with Crippen LogP contribution in [0.4, 0.5) is 5.69 Å². The zero-order valence-corrected chi connectivity index (χ0v) is 12.4. The number of hydrogen-bond acceptors (Lipinski definition) is 2. The van der Waals surface area contributed by atoms with Crippen molar-refractivity contribution < 1.29 is 0 Å². The van der Waals surface area contributed by atoms with Gasteiger partial charge in [-0.05, 0) is 56.3 Å². The number of rotatable bonds is 5. The van der Waals surface area contributed by atoms with Crippen LogP contribution in [0, 0.1) is 11.8 Å². The lowest BCUT2D eigenvalue weighted by Gasteiger charge is -2.21. The molecular weight excluding hydrogens is 232 g/mol. The molecule has 0 saturated carbocycles. The molecule has 1 saturated heterocycles. The van der Waals surface area contributed by atoms with Crippen molar-refractivity contribution in [3.63, 3.8) is 0 Å². The first-order valence-electron chi connectivity index (χ1n) is 7.77. The lowest BCUT2D eigenvalue weighted by molar-refractivity contribution is 0.281. The summed E-state index contributed by atoms with van der Waals surface area (Å²) in [4.78, 5) is 2.62. The van der Waals surface area contributed by atoms with E-state index in [4.69, 9.17) is 0 Å². The van der Waals surface area contributed by atoms with E-state index in [9.17, 15) is 0 Å². The van der Waals surface area contributed by atoms with E-state index in [0.717, 1.165) is 18.4 Å². The van der Waals surface area contributed by atoms with Crippen LogP contribution in [-0.4, -0.2) is 31.1 Å². The van der Waals surface area contributed by atoms with Gasteiger partial charge in [-0.25, -0.2) is 0 Å². The average Bonchev–Trinajstić information content (AvgIpc) is 2.66. The van der Waals surface area contributed by atoms with Crippen molar-refractivity contribution in [2.24, 2.45) is 11.8 Å². The molecule has 0 spiro atoms. The molecule has 1 atom stereocenters. The standard InChI is InChI=1S/C17H28N2/c1-15(2)16-7-6-12-19(13-10-16)14-11-18-17-8-4-3-5-9-17/h3-5,8-9,15-16,18H,6-7,10-14H2,1-2H3. The maximum atomic E-state index is 3.50. The summed E-state index contributed by atoms with van der Waals surface area (Å²) in [6.45, 7) is 9.52. The van der Waals surface area contributed by atoms with Crippen molar-refractivity contribution in [1.82, 2.24) is 4.90 Å². The van der Waals surface area contributed by atoms with Gasteiger partial charge in [-0.1, -0.05) is 32.0 Å². The molecule has 2 heteroatoms. The lowest BCUT2D eigenvalue weighted by atomic mass is 9.89. The van der Waals surface area contributed by atoms with Gasteiger partial charge in [0.1, 0.15) is 0 Å². The summed E-state index contributed by atoms with van der Waals surface area (Å²) in [5.41, 5.74) is 1.23. The molecular formula is C17H28N2. The van der Waals surface area contributed by atoms with Crippen LogP contribution >= 0.6 is 0 Å². The van der Waals surface area contributed by atoms with Gasteiger partial charge in [0.2, 0.25) is 0 Å². The van der Waals surface area contributed by atoms with Crippen molar-refractivity contribution in [3.05, 3.63) is 30.3 Å². The van der Waals surface area contributed by atoms with Crippen molar-refractivity contribution in [2.45, 2.75) is 33.1 Å². The van der Waals surface area contributed by atoms with E-state index >= 15 is 0 Å². The van der Waals surface area contributed by atoms with Gasteiger partial charge in [-0.15, -0.1) is 0 Å². The highest BCUT2D eigenvalue weighted by Gasteiger charge is 2.18. The molecule has 1 aliphatic heterocycles. The Morgan fingerprint density at radius 2 is 1.95 bits per heavy atom. The van der Waals surface area contributed by atoms with E-state index in [-0.39, 0.29) is 0 Å². The number of para-hydroxylation sites is 1. The number of likely N-dealkylation sites (tertiary alicyclic amines) is 1.